The fourth-order valence-electron chi connectivity index (χ4n) is 1.85. The predicted molar refractivity (Wildman–Crippen MR) is 88.2 cm³/mol. The number of carbonyl (C=O) groups is 1. The molecule has 1 atom stereocenters. The molecule has 126 valence electrons. The minimum Gasteiger partial charge on any atom is -0.451 e. The van der Waals surface area contributed by atoms with Crippen LogP contribution >= 0.6 is 11.8 Å². The zero-order valence-electron chi connectivity index (χ0n) is 14.0. The molecular formula is C14H30O5SSi. The van der Waals surface area contributed by atoms with Gasteiger partial charge < -0.3 is 17.7 Å². The second-order valence-electron chi connectivity index (χ2n) is 4.74. The minimum absolute atomic E-state index is 0.172. The van der Waals surface area contributed by atoms with Gasteiger partial charge in [-0.1, -0.05) is 39.5 Å². The Kier molecular flexibility index (Phi) is 12.4. The van der Waals surface area contributed by atoms with E-state index >= 15 is 0 Å². The van der Waals surface area contributed by atoms with Crippen molar-refractivity contribution in [1.82, 2.24) is 0 Å². The van der Waals surface area contributed by atoms with Crippen molar-refractivity contribution in [2.24, 2.45) is 0 Å². The number of unbranched alkanes of at least 4 members (excludes halogenated alkanes) is 3. The van der Waals surface area contributed by atoms with Crippen LogP contribution in [0.5, 0.6) is 0 Å². The van der Waals surface area contributed by atoms with Crippen LogP contribution in [0.1, 0.15) is 52.4 Å². The van der Waals surface area contributed by atoms with Crippen LogP contribution in [-0.2, 0) is 22.5 Å². The largest absolute Gasteiger partial charge is 0.750 e. The highest BCUT2D eigenvalue weighted by Crippen LogP contribution is 2.23. The second-order valence-corrected chi connectivity index (χ2v) is 8.48. The summed E-state index contributed by atoms with van der Waals surface area (Å²) >= 11 is 1.64. The van der Waals surface area contributed by atoms with Crippen molar-refractivity contribution >= 4 is 26.8 Å². The van der Waals surface area contributed by atoms with Crippen molar-refractivity contribution in [3.8, 4) is 0 Å². The summed E-state index contributed by atoms with van der Waals surface area (Å²) in [6.45, 7) is 4.28. The Morgan fingerprint density at radius 3 is 2.10 bits per heavy atom. The molecule has 0 rings (SSSR count). The molecule has 1 unspecified atom stereocenters. The number of hydrogen-bond acceptors (Lipinski definition) is 6. The lowest BCUT2D eigenvalue weighted by Gasteiger charge is -2.25. The van der Waals surface area contributed by atoms with Gasteiger partial charge in [0, 0.05) is 21.3 Å². The van der Waals surface area contributed by atoms with Crippen LogP contribution < -0.4 is 0 Å². The molecule has 0 N–H and O–H groups in total. The first-order valence-corrected chi connectivity index (χ1v) is 10.3. The van der Waals surface area contributed by atoms with Gasteiger partial charge in [0.25, 0.3) is 0 Å². The molecule has 0 saturated heterocycles. The molecule has 0 amide bonds. The van der Waals surface area contributed by atoms with Crippen molar-refractivity contribution in [3.63, 3.8) is 0 Å². The third kappa shape index (κ3) is 8.20. The number of carbonyl (C=O) groups excluding carboxylic acids is 1. The molecule has 7 heteroatoms. The van der Waals surface area contributed by atoms with Crippen molar-refractivity contribution in [2.75, 3.05) is 27.1 Å². The quantitative estimate of drug-likeness (QED) is 0.379. The van der Waals surface area contributed by atoms with Gasteiger partial charge in [-0.3, -0.25) is 4.79 Å². The van der Waals surface area contributed by atoms with Crippen LogP contribution in [0.3, 0.4) is 0 Å². The van der Waals surface area contributed by atoms with Crippen LogP contribution in [0.15, 0.2) is 0 Å². The molecule has 0 aliphatic rings. The summed E-state index contributed by atoms with van der Waals surface area (Å²) in [7, 11) is 0.998. The molecule has 0 radical (unpaired) electrons. The average molecular weight is 339 g/mol. The molecule has 0 aromatic rings. The lowest BCUT2D eigenvalue weighted by molar-refractivity contribution is -0.142. The Balaban J connectivity index is 4.54. The standard InChI is InChI=1S/C14H30O5SSi/c1-6-8-9-10-11-13(20-12-7-2)14(15)19-21(16-3,17-4)18-5/h13H,6-12H2,1-5H3. The number of hydrogen-bond donors (Lipinski definition) is 0. The molecule has 0 spiro atoms. The normalized spacial score (nSPS) is 13.2. The van der Waals surface area contributed by atoms with Crippen LogP contribution in [0.2, 0.25) is 0 Å². The van der Waals surface area contributed by atoms with Crippen molar-refractivity contribution in [3.05, 3.63) is 0 Å². The fourth-order valence-corrected chi connectivity index (χ4v) is 4.11. The van der Waals surface area contributed by atoms with Gasteiger partial charge in [-0.25, -0.2) is 0 Å². The summed E-state index contributed by atoms with van der Waals surface area (Å²) in [5, 5.41) is -0.172. The van der Waals surface area contributed by atoms with Gasteiger partial charge >= 0.3 is 15.0 Å². The van der Waals surface area contributed by atoms with E-state index in [0.29, 0.717) is 0 Å². The van der Waals surface area contributed by atoms with Crippen LogP contribution in [0.4, 0.5) is 0 Å². The van der Waals surface area contributed by atoms with Gasteiger partial charge in [0.05, 0.1) is 0 Å². The lowest BCUT2D eigenvalue weighted by Crippen LogP contribution is -2.49. The van der Waals surface area contributed by atoms with Gasteiger partial charge in [0.1, 0.15) is 5.25 Å². The molecule has 0 aromatic heterocycles. The second kappa shape index (κ2) is 12.5. The minimum atomic E-state index is -3.30. The van der Waals surface area contributed by atoms with Crippen LogP contribution in [-0.4, -0.2) is 47.3 Å². The first-order valence-electron chi connectivity index (χ1n) is 7.59. The van der Waals surface area contributed by atoms with Gasteiger partial charge in [-0.15, -0.1) is 11.8 Å². The highest BCUT2D eigenvalue weighted by molar-refractivity contribution is 8.00. The molecule has 0 bridgehead atoms. The van der Waals surface area contributed by atoms with Crippen molar-refractivity contribution < 1.29 is 22.5 Å². The van der Waals surface area contributed by atoms with Gasteiger partial charge in [0.15, 0.2) is 0 Å². The Hall–Kier alpha value is -0.0831. The zero-order chi connectivity index (χ0) is 16.1. The fraction of sp³-hybridized carbons (Fsp3) is 0.929. The van der Waals surface area contributed by atoms with E-state index in [9.17, 15) is 4.79 Å². The van der Waals surface area contributed by atoms with E-state index in [-0.39, 0.29) is 11.2 Å². The number of rotatable bonds is 13. The third-order valence-electron chi connectivity index (χ3n) is 3.08. The van der Waals surface area contributed by atoms with E-state index in [1.54, 1.807) is 11.8 Å². The van der Waals surface area contributed by atoms with Crippen molar-refractivity contribution in [2.45, 2.75) is 57.6 Å². The first-order chi connectivity index (χ1) is 10.1. The predicted octanol–water partition coefficient (Wildman–Crippen LogP) is 3.39. The average Bonchev–Trinajstić information content (AvgIpc) is 2.52. The molecular weight excluding hydrogens is 308 g/mol. The van der Waals surface area contributed by atoms with E-state index in [4.69, 9.17) is 17.7 Å². The summed E-state index contributed by atoms with van der Waals surface area (Å²) in [5.41, 5.74) is 0. The molecule has 0 aromatic carbocycles. The maximum Gasteiger partial charge on any atom is 0.750 e. The lowest BCUT2D eigenvalue weighted by atomic mass is 10.1. The van der Waals surface area contributed by atoms with Gasteiger partial charge in [-0.05, 0) is 18.6 Å². The Bertz CT molecular complexity index is 266. The Morgan fingerprint density at radius 1 is 1.00 bits per heavy atom. The molecule has 0 fully saturated rings. The van der Waals surface area contributed by atoms with E-state index < -0.39 is 9.05 Å². The van der Waals surface area contributed by atoms with Crippen molar-refractivity contribution in [1.29, 1.82) is 0 Å². The monoisotopic (exact) mass is 338 g/mol. The highest BCUT2D eigenvalue weighted by Gasteiger charge is 2.48. The van der Waals surface area contributed by atoms with Gasteiger partial charge in [-0.2, -0.15) is 0 Å². The maximum absolute atomic E-state index is 12.4. The summed E-state index contributed by atoms with van der Waals surface area (Å²) in [6.07, 6.45) is 6.42. The molecule has 0 aliphatic heterocycles. The third-order valence-corrected chi connectivity index (χ3v) is 6.51. The van der Waals surface area contributed by atoms with Gasteiger partial charge in [0.2, 0.25) is 0 Å². The van der Waals surface area contributed by atoms with E-state index in [1.807, 2.05) is 0 Å². The highest BCUT2D eigenvalue weighted by atomic mass is 32.2. The summed E-state index contributed by atoms with van der Waals surface area (Å²) in [4.78, 5) is 12.4. The Labute approximate surface area is 134 Å². The summed E-state index contributed by atoms with van der Waals surface area (Å²) in [5.74, 6) is 0.650. The van der Waals surface area contributed by atoms with E-state index in [1.165, 1.54) is 34.2 Å². The molecule has 0 aliphatic carbocycles. The number of thioether (sulfide) groups is 1. The maximum atomic E-state index is 12.4. The summed E-state index contributed by atoms with van der Waals surface area (Å²) in [6, 6.07) is 0. The Morgan fingerprint density at radius 2 is 1.62 bits per heavy atom. The van der Waals surface area contributed by atoms with Crippen LogP contribution in [0, 0.1) is 0 Å². The van der Waals surface area contributed by atoms with E-state index in [0.717, 1.165) is 31.4 Å². The topological polar surface area (TPSA) is 54.0 Å². The molecule has 0 saturated carbocycles. The molecule has 21 heavy (non-hydrogen) atoms. The zero-order valence-corrected chi connectivity index (χ0v) is 15.8. The summed E-state index contributed by atoms with van der Waals surface area (Å²) < 4.78 is 20.9. The smallest absolute Gasteiger partial charge is 0.451 e. The molecule has 5 nitrogen and oxygen atoms in total. The van der Waals surface area contributed by atoms with Crippen LogP contribution in [0.25, 0.3) is 0 Å². The van der Waals surface area contributed by atoms with E-state index in [2.05, 4.69) is 13.8 Å². The molecule has 0 heterocycles. The SMILES string of the molecule is CCCCCCC(SCCC)C(=O)O[Si](OC)(OC)OC. The first kappa shape index (κ1) is 20.9.